The van der Waals surface area contributed by atoms with E-state index >= 15 is 0 Å². The van der Waals surface area contributed by atoms with Crippen molar-refractivity contribution in [1.29, 1.82) is 0 Å². The summed E-state index contributed by atoms with van der Waals surface area (Å²) >= 11 is 3.39. The Morgan fingerprint density at radius 1 is 1.50 bits per heavy atom. The van der Waals surface area contributed by atoms with Crippen molar-refractivity contribution >= 4 is 27.0 Å². The lowest BCUT2D eigenvalue weighted by Gasteiger charge is -2.14. The van der Waals surface area contributed by atoms with E-state index in [1.54, 1.807) is 19.4 Å². The van der Waals surface area contributed by atoms with E-state index in [-0.39, 0.29) is 0 Å². The summed E-state index contributed by atoms with van der Waals surface area (Å²) in [6.45, 7) is 0.404. The lowest BCUT2D eigenvalue weighted by Crippen LogP contribution is -2.08. The molecular formula is C12H14BrN3O2. The topological polar surface area (TPSA) is 81.3 Å². The average Bonchev–Trinajstić information content (AvgIpc) is 2.38. The highest BCUT2D eigenvalue weighted by molar-refractivity contribution is 9.10. The molecule has 1 atom stereocenters. The van der Waals surface area contributed by atoms with Gasteiger partial charge in [-0.2, -0.15) is 0 Å². The van der Waals surface area contributed by atoms with E-state index in [1.165, 1.54) is 0 Å². The van der Waals surface area contributed by atoms with Crippen molar-refractivity contribution in [3.8, 4) is 5.88 Å². The number of halogens is 1. The van der Waals surface area contributed by atoms with E-state index in [9.17, 15) is 5.11 Å². The van der Waals surface area contributed by atoms with Crippen molar-refractivity contribution in [1.82, 2.24) is 9.97 Å². The van der Waals surface area contributed by atoms with Crippen molar-refractivity contribution in [2.45, 2.75) is 12.5 Å². The van der Waals surface area contributed by atoms with Crippen LogP contribution in [0, 0.1) is 0 Å². The Hall–Kier alpha value is -1.24. The summed E-state index contributed by atoms with van der Waals surface area (Å²) in [7, 11) is 1.55. The number of rotatable bonds is 4. The zero-order valence-corrected chi connectivity index (χ0v) is 11.5. The molecule has 1 unspecified atom stereocenters. The lowest BCUT2D eigenvalue weighted by atomic mass is 10.1. The summed E-state index contributed by atoms with van der Waals surface area (Å²) in [6.07, 6.45) is 1.46. The number of aliphatic hydroxyl groups excluding tert-OH is 1. The number of nitrogens with zero attached hydrogens (tertiary/aromatic N) is 2. The molecule has 0 spiro atoms. The van der Waals surface area contributed by atoms with Crippen LogP contribution < -0.4 is 10.5 Å². The highest BCUT2D eigenvalue weighted by Gasteiger charge is 2.17. The maximum Gasteiger partial charge on any atom is 0.213 e. The average molecular weight is 312 g/mol. The summed E-state index contributed by atoms with van der Waals surface area (Å²) in [5, 5.41) is 10.1. The van der Waals surface area contributed by atoms with E-state index < -0.39 is 6.10 Å². The van der Waals surface area contributed by atoms with Gasteiger partial charge >= 0.3 is 0 Å². The number of aromatic nitrogens is 2. The second kappa shape index (κ2) is 5.60. The maximum absolute atomic E-state index is 10.1. The Labute approximate surface area is 113 Å². The highest BCUT2D eigenvalue weighted by atomic mass is 79.9. The molecule has 2 aromatic rings. The third kappa shape index (κ3) is 2.45. The molecule has 0 bridgehead atoms. The zero-order valence-electron chi connectivity index (χ0n) is 9.93. The first-order valence-corrected chi connectivity index (χ1v) is 6.34. The molecule has 0 aliphatic carbocycles. The van der Waals surface area contributed by atoms with Gasteiger partial charge in [-0.3, -0.25) is 4.98 Å². The van der Waals surface area contributed by atoms with Gasteiger partial charge in [-0.15, -0.1) is 0 Å². The quantitative estimate of drug-likeness (QED) is 0.899. The number of pyridine rings is 2. The maximum atomic E-state index is 10.1. The molecule has 2 aromatic heterocycles. The fourth-order valence-electron chi connectivity index (χ4n) is 1.78. The number of nitrogens with two attached hydrogens (primary N) is 1. The predicted molar refractivity (Wildman–Crippen MR) is 72.4 cm³/mol. The molecule has 2 heterocycles. The van der Waals surface area contributed by atoms with Gasteiger partial charge in [0, 0.05) is 22.3 Å². The van der Waals surface area contributed by atoms with Crippen LogP contribution in [0.3, 0.4) is 0 Å². The van der Waals surface area contributed by atoms with Crippen LogP contribution in [0.4, 0.5) is 0 Å². The Morgan fingerprint density at radius 3 is 2.94 bits per heavy atom. The standard InChI is InChI=1S/C12H14BrN3O2/c1-18-10-3-2-8-12(16-10)11(7(13)6-15-8)9(17)4-5-14/h2-3,6,9,17H,4-5,14H2,1H3. The van der Waals surface area contributed by atoms with Crippen LogP contribution >= 0.6 is 15.9 Å². The summed E-state index contributed by atoms with van der Waals surface area (Å²) in [4.78, 5) is 8.59. The second-order valence-electron chi connectivity index (χ2n) is 3.83. The summed E-state index contributed by atoms with van der Waals surface area (Å²) in [6, 6.07) is 3.55. The first-order valence-electron chi connectivity index (χ1n) is 5.54. The highest BCUT2D eigenvalue weighted by Crippen LogP contribution is 2.31. The smallest absolute Gasteiger partial charge is 0.213 e. The van der Waals surface area contributed by atoms with Crippen LogP contribution in [0.25, 0.3) is 11.0 Å². The first kappa shape index (κ1) is 13.2. The first-order chi connectivity index (χ1) is 8.67. The minimum atomic E-state index is -0.672. The summed E-state index contributed by atoms with van der Waals surface area (Å²) < 4.78 is 5.82. The molecule has 96 valence electrons. The largest absolute Gasteiger partial charge is 0.481 e. The van der Waals surface area contributed by atoms with E-state index in [0.717, 1.165) is 4.47 Å². The molecule has 18 heavy (non-hydrogen) atoms. The van der Waals surface area contributed by atoms with Crippen molar-refractivity contribution in [3.63, 3.8) is 0 Å². The van der Waals surface area contributed by atoms with Gasteiger partial charge in [0.25, 0.3) is 0 Å². The van der Waals surface area contributed by atoms with Crippen LogP contribution in [0.5, 0.6) is 5.88 Å². The van der Waals surface area contributed by atoms with Crippen LogP contribution in [0.1, 0.15) is 18.1 Å². The molecule has 0 saturated carbocycles. The van der Waals surface area contributed by atoms with Gasteiger partial charge in [-0.05, 0) is 35.0 Å². The second-order valence-corrected chi connectivity index (χ2v) is 4.69. The number of fused-ring (bicyclic) bond motifs is 1. The lowest BCUT2D eigenvalue weighted by molar-refractivity contribution is 0.171. The summed E-state index contributed by atoms with van der Waals surface area (Å²) in [5.74, 6) is 0.489. The monoisotopic (exact) mass is 311 g/mol. The minimum Gasteiger partial charge on any atom is -0.481 e. The SMILES string of the molecule is COc1ccc2ncc(Br)c(C(O)CCN)c2n1. The number of methoxy groups -OCH3 is 1. The molecule has 0 aromatic carbocycles. The van der Waals surface area contributed by atoms with Crippen LogP contribution in [-0.4, -0.2) is 28.7 Å². The van der Waals surface area contributed by atoms with Crippen LogP contribution in [0.2, 0.25) is 0 Å². The fraction of sp³-hybridized carbons (Fsp3) is 0.333. The molecule has 0 aliphatic heterocycles. The zero-order chi connectivity index (χ0) is 13.1. The van der Waals surface area contributed by atoms with Crippen molar-refractivity contribution in [2.24, 2.45) is 5.73 Å². The van der Waals surface area contributed by atoms with Gasteiger partial charge in [-0.25, -0.2) is 4.98 Å². The van der Waals surface area contributed by atoms with Gasteiger partial charge < -0.3 is 15.6 Å². The molecule has 0 aliphatic rings. The number of ether oxygens (including phenoxy) is 1. The van der Waals surface area contributed by atoms with Crippen molar-refractivity contribution < 1.29 is 9.84 Å². The predicted octanol–water partition coefficient (Wildman–Crippen LogP) is 1.78. The molecule has 0 fully saturated rings. The van der Waals surface area contributed by atoms with Crippen molar-refractivity contribution in [2.75, 3.05) is 13.7 Å². The van der Waals surface area contributed by atoms with Gasteiger partial charge in [-0.1, -0.05) is 0 Å². The van der Waals surface area contributed by atoms with E-state index in [1.807, 2.05) is 6.07 Å². The van der Waals surface area contributed by atoms with E-state index in [4.69, 9.17) is 10.5 Å². The van der Waals surface area contributed by atoms with Crippen LogP contribution in [0.15, 0.2) is 22.8 Å². The third-order valence-electron chi connectivity index (χ3n) is 2.66. The van der Waals surface area contributed by atoms with Gasteiger partial charge in [0.05, 0.1) is 24.2 Å². The van der Waals surface area contributed by atoms with Gasteiger partial charge in [0.2, 0.25) is 5.88 Å². The van der Waals surface area contributed by atoms with Gasteiger partial charge in [0.15, 0.2) is 0 Å². The molecule has 2 rings (SSSR count). The molecule has 3 N–H and O–H groups in total. The number of hydrogen-bond donors (Lipinski definition) is 2. The van der Waals surface area contributed by atoms with E-state index in [0.29, 0.717) is 35.4 Å². The minimum absolute atomic E-state index is 0.404. The van der Waals surface area contributed by atoms with Gasteiger partial charge in [0.1, 0.15) is 0 Å². The molecule has 6 heteroatoms. The Balaban J connectivity index is 2.63. The summed E-state index contributed by atoms with van der Waals surface area (Å²) in [5.41, 5.74) is 7.52. The Bertz CT molecular complexity index is 562. The van der Waals surface area contributed by atoms with Crippen molar-refractivity contribution in [3.05, 3.63) is 28.4 Å². The molecule has 0 radical (unpaired) electrons. The molecule has 0 amide bonds. The van der Waals surface area contributed by atoms with Crippen LogP contribution in [-0.2, 0) is 0 Å². The number of aliphatic hydroxyl groups is 1. The fourth-order valence-corrected chi connectivity index (χ4v) is 2.33. The Morgan fingerprint density at radius 2 is 2.28 bits per heavy atom. The number of hydrogen-bond acceptors (Lipinski definition) is 5. The van der Waals surface area contributed by atoms with E-state index in [2.05, 4.69) is 25.9 Å². The normalized spacial score (nSPS) is 12.7. The Kier molecular flexibility index (Phi) is 4.11. The molecular weight excluding hydrogens is 298 g/mol. The molecule has 5 nitrogen and oxygen atoms in total. The molecule has 0 saturated heterocycles. The third-order valence-corrected chi connectivity index (χ3v) is 3.29.